The van der Waals surface area contributed by atoms with E-state index in [1.54, 1.807) is 0 Å². The second-order valence-corrected chi connectivity index (χ2v) is 8.39. The Morgan fingerprint density at radius 2 is 1.28 bits per heavy atom. The molecule has 1 fully saturated rings. The molecule has 1 aliphatic heterocycles. The largest absolute Gasteiger partial charge is 0.481 e. The minimum atomic E-state index is -1.27. The third-order valence-corrected chi connectivity index (χ3v) is 4.69. The van der Waals surface area contributed by atoms with Gasteiger partial charge >= 0.3 is 18.0 Å². The van der Waals surface area contributed by atoms with E-state index in [0.29, 0.717) is 0 Å². The van der Waals surface area contributed by atoms with E-state index in [1.165, 1.54) is 4.90 Å². The molecule has 0 unspecified atom stereocenters. The van der Waals surface area contributed by atoms with Crippen molar-refractivity contribution in [3.8, 4) is 0 Å². The van der Waals surface area contributed by atoms with Crippen LogP contribution >= 0.6 is 0 Å². The van der Waals surface area contributed by atoms with Crippen molar-refractivity contribution in [2.75, 3.05) is 13.1 Å². The number of aliphatic carboxylic acids is 2. The zero-order valence-electron chi connectivity index (χ0n) is 15.8. The number of rotatable bonds is 6. The Hall–Kier alpha value is -2.12. The summed E-state index contributed by atoms with van der Waals surface area (Å²) in [6.45, 7) is 10.6. The van der Waals surface area contributed by atoms with E-state index in [0.717, 1.165) is 4.90 Å². The predicted molar refractivity (Wildman–Crippen MR) is 90.0 cm³/mol. The number of imide groups is 1. The Kier molecular flexibility index (Phi) is 5.56. The van der Waals surface area contributed by atoms with E-state index in [9.17, 15) is 19.2 Å². The van der Waals surface area contributed by atoms with Crippen LogP contribution in [0.15, 0.2) is 0 Å². The lowest BCUT2D eigenvalue weighted by Crippen LogP contribution is -2.66. The minimum absolute atomic E-state index is 0.113. The van der Waals surface area contributed by atoms with E-state index in [2.05, 4.69) is 0 Å². The number of carboxylic acids is 2. The first-order chi connectivity index (χ1) is 11.2. The zero-order chi connectivity index (χ0) is 19.8. The van der Waals surface area contributed by atoms with Crippen LogP contribution in [0.5, 0.6) is 0 Å². The first-order valence-electron chi connectivity index (χ1n) is 8.25. The fraction of sp³-hybridized carbons (Fsp3) is 0.765. The topological polar surface area (TPSA) is 115 Å². The van der Waals surface area contributed by atoms with Crippen molar-refractivity contribution in [3.05, 3.63) is 0 Å². The SMILES string of the molecule is CC(C)(C)C1(C(C)(C)C)C(=O)N(CCC(=O)O)C(=O)N1CCC(=O)O. The van der Waals surface area contributed by atoms with Crippen LogP contribution in [-0.4, -0.2) is 62.5 Å². The molecule has 3 amide bonds. The highest BCUT2D eigenvalue weighted by Crippen LogP contribution is 2.52. The van der Waals surface area contributed by atoms with Crippen LogP contribution < -0.4 is 0 Å². The maximum absolute atomic E-state index is 13.3. The van der Waals surface area contributed by atoms with Gasteiger partial charge in [0.25, 0.3) is 5.91 Å². The third kappa shape index (κ3) is 3.48. The van der Waals surface area contributed by atoms with Gasteiger partial charge in [0.2, 0.25) is 0 Å². The molecule has 0 aromatic carbocycles. The standard InChI is InChI=1S/C17H28N2O6/c1-15(2,3)17(16(4,5)6)13(24)18(9-7-11(20)21)14(25)19(17)10-8-12(22)23/h7-10H2,1-6H3,(H,20,21)(H,22,23). The zero-order valence-corrected chi connectivity index (χ0v) is 15.8. The fourth-order valence-electron chi connectivity index (χ4n) is 4.14. The van der Waals surface area contributed by atoms with Gasteiger partial charge in [-0.3, -0.25) is 19.3 Å². The number of hydrogen-bond acceptors (Lipinski definition) is 4. The van der Waals surface area contributed by atoms with Gasteiger partial charge in [-0.1, -0.05) is 41.5 Å². The molecule has 1 rings (SSSR count). The molecule has 25 heavy (non-hydrogen) atoms. The molecular weight excluding hydrogens is 328 g/mol. The Balaban J connectivity index is 3.50. The molecule has 2 N–H and O–H groups in total. The van der Waals surface area contributed by atoms with Crippen molar-refractivity contribution in [1.29, 1.82) is 0 Å². The highest BCUT2D eigenvalue weighted by Gasteiger charge is 2.67. The molecule has 0 spiro atoms. The van der Waals surface area contributed by atoms with E-state index in [4.69, 9.17) is 10.2 Å². The normalized spacial score (nSPS) is 18.0. The van der Waals surface area contributed by atoms with Crippen LogP contribution in [0.3, 0.4) is 0 Å². The Morgan fingerprint density at radius 1 is 0.880 bits per heavy atom. The number of carbonyl (C=O) groups excluding carboxylic acids is 2. The summed E-state index contributed by atoms with van der Waals surface area (Å²) in [5.41, 5.74) is -2.64. The minimum Gasteiger partial charge on any atom is -0.481 e. The predicted octanol–water partition coefficient (Wildman–Crippen LogP) is 2.03. The summed E-state index contributed by atoms with van der Waals surface area (Å²) in [7, 11) is 0. The summed E-state index contributed by atoms with van der Waals surface area (Å²) < 4.78 is 0. The van der Waals surface area contributed by atoms with E-state index >= 15 is 0 Å². The van der Waals surface area contributed by atoms with Crippen molar-refractivity contribution in [1.82, 2.24) is 9.80 Å². The number of nitrogens with zero attached hydrogens (tertiary/aromatic N) is 2. The Labute approximate surface area is 147 Å². The van der Waals surface area contributed by atoms with Gasteiger partial charge in [0.05, 0.1) is 12.8 Å². The summed E-state index contributed by atoms with van der Waals surface area (Å²) in [5.74, 6) is -2.65. The second-order valence-electron chi connectivity index (χ2n) is 8.39. The number of hydrogen-bond donors (Lipinski definition) is 2. The smallest absolute Gasteiger partial charge is 0.327 e. The van der Waals surface area contributed by atoms with Gasteiger partial charge in [-0.15, -0.1) is 0 Å². The van der Waals surface area contributed by atoms with Crippen molar-refractivity contribution >= 4 is 23.9 Å². The first-order valence-corrected chi connectivity index (χ1v) is 8.25. The van der Waals surface area contributed by atoms with Gasteiger partial charge in [-0.05, 0) is 10.8 Å². The van der Waals surface area contributed by atoms with Crippen LogP contribution in [0.2, 0.25) is 0 Å². The van der Waals surface area contributed by atoms with Gasteiger partial charge in [0.15, 0.2) is 0 Å². The molecule has 1 saturated heterocycles. The van der Waals surface area contributed by atoms with Crippen molar-refractivity contribution < 1.29 is 29.4 Å². The van der Waals surface area contributed by atoms with Crippen LogP contribution in [0.4, 0.5) is 4.79 Å². The molecule has 0 saturated carbocycles. The third-order valence-electron chi connectivity index (χ3n) is 4.69. The van der Waals surface area contributed by atoms with Crippen LogP contribution in [0.1, 0.15) is 54.4 Å². The molecule has 0 aromatic heterocycles. The Morgan fingerprint density at radius 3 is 1.64 bits per heavy atom. The fourth-order valence-corrected chi connectivity index (χ4v) is 4.14. The van der Waals surface area contributed by atoms with Crippen molar-refractivity contribution in [2.24, 2.45) is 10.8 Å². The molecule has 142 valence electrons. The average Bonchev–Trinajstić information content (AvgIpc) is 2.61. The van der Waals surface area contributed by atoms with E-state index in [1.807, 2.05) is 41.5 Å². The van der Waals surface area contributed by atoms with E-state index in [-0.39, 0.29) is 25.9 Å². The van der Waals surface area contributed by atoms with Crippen LogP contribution in [-0.2, 0) is 14.4 Å². The highest BCUT2D eigenvalue weighted by molar-refractivity contribution is 6.08. The van der Waals surface area contributed by atoms with Crippen molar-refractivity contribution in [2.45, 2.75) is 59.9 Å². The summed E-state index contributed by atoms with van der Waals surface area (Å²) in [5, 5.41) is 17.9. The maximum atomic E-state index is 13.3. The Bertz CT molecular complexity index is 571. The van der Waals surface area contributed by atoms with Crippen LogP contribution in [0.25, 0.3) is 0 Å². The van der Waals surface area contributed by atoms with Gasteiger partial charge in [-0.25, -0.2) is 4.79 Å². The quantitative estimate of drug-likeness (QED) is 0.704. The molecule has 0 bridgehead atoms. The van der Waals surface area contributed by atoms with Crippen molar-refractivity contribution in [3.63, 3.8) is 0 Å². The molecule has 0 aliphatic carbocycles. The highest BCUT2D eigenvalue weighted by atomic mass is 16.4. The van der Waals surface area contributed by atoms with Crippen LogP contribution in [0, 0.1) is 10.8 Å². The van der Waals surface area contributed by atoms with Gasteiger partial charge in [0.1, 0.15) is 5.54 Å². The number of carboxylic acid groups (broad SMARTS) is 2. The van der Waals surface area contributed by atoms with Gasteiger partial charge in [0, 0.05) is 13.1 Å². The first kappa shape index (κ1) is 20.9. The number of urea groups is 1. The molecule has 8 heteroatoms. The molecule has 1 aliphatic rings. The molecule has 0 aromatic rings. The second kappa shape index (κ2) is 6.65. The summed E-state index contributed by atoms with van der Waals surface area (Å²) in [6, 6.07) is -0.627. The molecule has 8 nitrogen and oxygen atoms in total. The maximum Gasteiger partial charge on any atom is 0.327 e. The monoisotopic (exact) mass is 356 g/mol. The molecule has 0 radical (unpaired) electrons. The molecular formula is C17H28N2O6. The van der Waals surface area contributed by atoms with E-state index < -0.39 is 40.2 Å². The number of carbonyl (C=O) groups is 4. The number of amides is 3. The summed E-state index contributed by atoms with van der Waals surface area (Å²) in [4.78, 5) is 50.4. The lowest BCUT2D eigenvalue weighted by Gasteiger charge is -2.53. The molecule has 0 atom stereocenters. The summed E-state index contributed by atoms with van der Waals surface area (Å²) >= 11 is 0. The molecule has 1 heterocycles. The lowest BCUT2D eigenvalue weighted by atomic mass is 9.59. The van der Waals surface area contributed by atoms with Gasteiger partial charge in [-0.2, -0.15) is 0 Å². The lowest BCUT2D eigenvalue weighted by molar-refractivity contribution is -0.150. The average molecular weight is 356 g/mol. The summed E-state index contributed by atoms with van der Waals surface area (Å²) in [6.07, 6.45) is -0.645. The van der Waals surface area contributed by atoms with Gasteiger partial charge < -0.3 is 15.1 Å².